The number of hydrogen-bond acceptors (Lipinski definition) is 4. The van der Waals surface area contributed by atoms with Crippen molar-refractivity contribution >= 4 is 5.84 Å². The minimum atomic E-state index is 0.256. The summed E-state index contributed by atoms with van der Waals surface area (Å²) in [6.45, 7) is 1.57. The van der Waals surface area contributed by atoms with Crippen LogP contribution in [0.2, 0.25) is 0 Å². The van der Waals surface area contributed by atoms with Gasteiger partial charge in [0, 0.05) is 19.5 Å². The smallest absolute Gasteiger partial charge is 0.140 e. The molecule has 0 aliphatic rings. The number of hydrogen-bond donors (Lipinski definition) is 2. The summed E-state index contributed by atoms with van der Waals surface area (Å²) < 4.78 is 5.09. The van der Waals surface area contributed by atoms with Crippen LogP contribution in [0.4, 0.5) is 0 Å². The molecule has 0 radical (unpaired) electrons. The van der Waals surface area contributed by atoms with E-state index in [1.807, 2.05) is 31.3 Å². The molecule has 0 aliphatic heterocycles. The molecule has 0 bridgehead atoms. The van der Waals surface area contributed by atoms with Crippen molar-refractivity contribution in [3.63, 3.8) is 0 Å². The predicted molar refractivity (Wildman–Crippen MR) is 67.4 cm³/mol. The highest BCUT2D eigenvalue weighted by Crippen LogP contribution is 2.12. The van der Waals surface area contributed by atoms with E-state index in [0.29, 0.717) is 6.42 Å². The van der Waals surface area contributed by atoms with Gasteiger partial charge in [0.05, 0.1) is 7.11 Å². The van der Waals surface area contributed by atoms with Crippen LogP contribution in [0, 0.1) is 0 Å². The third kappa shape index (κ3) is 4.74. The average Bonchev–Trinajstić information content (AvgIpc) is 2.36. The minimum Gasteiger partial charge on any atom is -0.497 e. The summed E-state index contributed by atoms with van der Waals surface area (Å²) in [6, 6.07) is 7.93. The van der Waals surface area contributed by atoms with Crippen molar-refractivity contribution in [3.05, 3.63) is 29.8 Å². The quantitative estimate of drug-likeness (QED) is 0.338. The van der Waals surface area contributed by atoms with Crippen molar-refractivity contribution in [1.29, 1.82) is 0 Å². The van der Waals surface area contributed by atoms with Gasteiger partial charge in [0.2, 0.25) is 0 Å². The molecule has 0 fully saturated rings. The molecule has 0 unspecified atom stereocenters. The van der Waals surface area contributed by atoms with Gasteiger partial charge >= 0.3 is 0 Å². The van der Waals surface area contributed by atoms with E-state index in [1.54, 1.807) is 7.11 Å². The molecule has 0 aliphatic carbocycles. The van der Waals surface area contributed by atoms with E-state index in [0.717, 1.165) is 18.8 Å². The van der Waals surface area contributed by atoms with Crippen molar-refractivity contribution < 1.29 is 9.94 Å². The molecule has 0 spiro atoms. The maximum absolute atomic E-state index is 8.43. The Labute approximate surface area is 101 Å². The fourth-order valence-corrected chi connectivity index (χ4v) is 1.48. The van der Waals surface area contributed by atoms with Crippen LogP contribution in [-0.2, 0) is 6.54 Å². The van der Waals surface area contributed by atoms with E-state index in [1.165, 1.54) is 5.56 Å². The molecule has 17 heavy (non-hydrogen) atoms. The number of rotatable bonds is 6. The second kappa shape index (κ2) is 6.75. The molecule has 1 aromatic rings. The molecule has 1 rings (SSSR count). The SMILES string of the molecule is COc1ccc(CN(C)CCC(N)=NO)cc1. The van der Waals surface area contributed by atoms with E-state index in [9.17, 15) is 0 Å². The zero-order valence-electron chi connectivity index (χ0n) is 10.3. The minimum absolute atomic E-state index is 0.256. The summed E-state index contributed by atoms with van der Waals surface area (Å²) >= 11 is 0. The molecule has 0 amide bonds. The third-order valence-corrected chi connectivity index (χ3v) is 2.49. The predicted octanol–water partition coefficient (Wildman–Crippen LogP) is 1.26. The maximum Gasteiger partial charge on any atom is 0.140 e. The first-order valence-corrected chi connectivity index (χ1v) is 5.43. The number of benzene rings is 1. The number of oxime groups is 1. The van der Waals surface area contributed by atoms with E-state index >= 15 is 0 Å². The largest absolute Gasteiger partial charge is 0.497 e. The van der Waals surface area contributed by atoms with Crippen LogP contribution in [0.15, 0.2) is 29.4 Å². The van der Waals surface area contributed by atoms with Crippen LogP contribution >= 0.6 is 0 Å². The van der Waals surface area contributed by atoms with Gasteiger partial charge in [-0.1, -0.05) is 17.3 Å². The van der Waals surface area contributed by atoms with E-state index < -0.39 is 0 Å². The van der Waals surface area contributed by atoms with Crippen LogP contribution in [0.3, 0.4) is 0 Å². The lowest BCUT2D eigenvalue weighted by atomic mass is 10.2. The molecule has 0 atom stereocenters. The highest BCUT2D eigenvalue weighted by Gasteiger charge is 2.02. The summed E-state index contributed by atoms with van der Waals surface area (Å²) in [5.41, 5.74) is 6.61. The summed E-state index contributed by atoms with van der Waals surface area (Å²) in [4.78, 5) is 2.11. The molecule has 0 saturated heterocycles. The Bertz CT molecular complexity index is 363. The molecule has 1 aromatic carbocycles. The Morgan fingerprint density at radius 1 is 1.41 bits per heavy atom. The van der Waals surface area contributed by atoms with E-state index in [-0.39, 0.29) is 5.84 Å². The standard InChI is InChI=1S/C12H19N3O2/c1-15(8-7-12(13)14-16)9-10-3-5-11(17-2)6-4-10/h3-6,16H,7-9H2,1-2H3,(H2,13,14). The molecule has 94 valence electrons. The van der Waals surface area contributed by atoms with Gasteiger partial charge in [-0.3, -0.25) is 0 Å². The Balaban J connectivity index is 2.41. The van der Waals surface area contributed by atoms with Crippen molar-refractivity contribution in [1.82, 2.24) is 4.90 Å². The highest BCUT2D eigenvalue weighted by atomic mass is 16.5. The zero-order chi connectivity index (χ0) is 12.7. The second-order valence-electron chi connectivity index (χ2n) is 3.93. The highest BCUT2D eigenvalue weighted by molar-refractivity contribution is 5.79. The van der Waals surface area contributed by atoms with Gasteiger partial charge < -0.3 is 20.6 Å². The van der Waals surface area contributed by atoms with Crippen LogP contribution in [-0.4, -0.2) is 36.6 Å². The normalized spacial score (nSPS) is 11.8. The van der Waals surface area contributed by atoms with Gasteiger partial charge in [0.25, 0.3) is 0 Å². The number of ether oxygens (including phenoxy) is 1. The van der Waals surface area contributed by atoms with Gasteiger partial charge in [-0.05, 0) is 24.7 Å². The summed E-state index contributed by atoms with van der Waals surface area (Å²) in [5, 5.41) is 11.4. The number of amidine groups is 1. The van der Waals surface area contributed by atoms with Gasteiger partial charge in [0.15, 0.2) is 0 Å². The molecular weight excluding hydrogens is 218 g/mol. The van der Waals surface area contributed by atoms with Crippen molar-refractivity contribution in [2.75, 3.05) is 20.7 Å². The lowest BCUT2D eigenvalue weighted by molar-refractivity contribution is 0.309. The molecule has 5 heteroatoms. The van der Waals surface area contributed by atoms with Crippen molar-refractivity contribution in [2.45, 2.75) is 13.0 Å². The van der Waals surface area contributed by atoms with Crippen molar-refractivity contribution in [3.8, 4) is 5.75 Å². The molecule has 0 aromatic heterocycles. The van der Waals surface area contributed by atoms with Gasteiger partial charge in [0.1, 0.15) is 11.6 Å². The first-order valence-electron chi connectivity index (χ1n) is 5.43. The van der Waals surface area contributed by atoms with E-state index in [4.69, 9.17) is 15.7 Å². The summed E-state index contributed by atoms with van der Waals surface area (Å²) in [7, 11) is 3.65. The fourth-order valence-electron chi connectivity index (χ4n) is 1.48. The zero-order valence-corrected chi connectivity index (χ0v) is 10.3. The van der Waals surface area contributed by atoms with Crippen LogP contribution in [0.5, 0.6) is 5.75 Å². The lowest BCUT2D eigenvalue weighted by Crippen LogP contribution is -2.24. The first kappa shape index (κ1) is 13.3. The second-order valence-corrected chi connectivity index (χ2v) is 3.93. The molecule has 0 saturated carbocycles. The Hall–Kier alpha value is -1.75. The van der Waals surface area contributed by atoms with E-state index in [2.05, 4.69) is 10.1 Å². The Morgan fingerprint density at radius 2 is 2.06 bits per heavy atom. The monoisotopic (exact) mass is 237 g/mol. The molecule has 3 N–H and O–H groups in total. The average molecular weight is 237 g/mol. The maximum atomic E-state index is 8.43. The van der Waals surface area contributed by atoms with Gasteiger partial charge in [-0.25, -0.2) is 0 Å². The Morgan fingerprint density at radius 3 is 2.59 bits per heavy atom. The van der Waals surface area contributed by atoms with Crippen LogP contribution < -0.4 is 10.5 Å². The van der Waals surface area contributed by atoms with Crippen molar-refractivity contribution in [2.24, 2.45) is 10.9 Å². The first-order chi connectivity index (χ1) is 8.15. The van der Waals surface area contributed by atoms with Gasteiger partial charge in [-0.2, -0.15) is 0 Å². The van der Waals surface area contributed by atoms with Crippen LogP contribution in [0.1, 0.15) is 12.0 Å². The summed E-state index contributed by atoms with van der Waals surface area (Å²) in [5.74, 6) is 1.11. The molecular formula is C12H19N3O2. The number of nitrogens with zero attached hydrogens (tertiary/aromatic N) is 2. The molecule has 0 heterocycles. The third-order valence-electron chi connectivity index (χ3n) is 2.49. The Kier molecular flexibility index (Phi) is 5.29. The fraction of sp³-hybridized carbons (Fsp3) is 0.417. The number of nitrogens with two attached hydrogens (primary N) is 1. The molecule has 5 nitrogen and oxygen atoms in total. The summed E-state index contributed by atoms with van der Waals surface area (Å²) in [6.07, 6.45) is 0.559. The lowest BCUT2D eigenvalue weighted by Gasteiger charge is -2.16. The topological polar surface area (TPSA) is 71.1 Å². The number of methoxy groups -OCH3 is 1. The van der Waals surface area contributed by atoms with Crippen LogP contribution in [0.25, 0.3) is 0 Å². The van der Waals surface area contributed by atoms with Gasteiger partial charge in [-0.15, -0.1) is 0 Å².